The standard InChI is InChI=1S/C19H22N2O2/c1-2-10-8-21-17-7-14-13-5-11(23)3-4-16(13)20-19(14)18(21)6-12(10)15(17)9-22/h2-5,12,15,17-18,20,22-23H,6-9H2,1H3/b10-2-. The number of H-pyrrole nitrogens is 1. The van der Waals surface area contributed by atoms with E-state index in [-0.39, 0.29) is 6.61 Å². The lowest BCUT2D eigenvalue weighted by Crippen LogP contribution is -2.60. The fourth-order valence-electron chi connectivity index (χ4n) is 5.35. The van der Waals surface area contributed by atoms with E-state index in [0.29, 0.717) is 29.7 Å². The summed E-state index contributed by atoms with van der Waals surface area (Å²) in [5.41, 5.74) is 5.29. The fraction of sp³-hybridized carbons (Fsp3) is 0.474. The minimum Gasteiger partial charge on any atom is -0.508 e. The molecule has 4 bridgehead atoms. The van der Waals surface area contributed by atoms with Crippen molar-refractivity contribution in [3.05, 3.63) is 41.1 Å². The van der Waals surface area contributed by atoms with E-state index in [1.54, 1.807) is 6.07 Å². The van der Waals surface area contributed by atoms with Crippen molar-refractivity contribution in [3.8, 4) is 5.75 Å². The van der Waals surface area contributed by atoms with Crippen LogP contribution < -0.4 is 0 Å². The van der Waals surface area contributed by atoms with Crippen LogP contribution in [0, 0.1) is 11.8 Å². The van der Waals surface area contributed by atoms with Gasteiger partial charge in [0.15, 0.2) is 0 Å². The van der Waals surface area contributed by atoms with Gasteiger partial charge >= 0.3 is 0 Å². The summed E-state index contributed by atoms with van der Waals surface area (Å²) in [6.07, 6.45) is 4.31. The largest absolute Gasteiger partial charge is 0.508 e. The Morgan fingerprint density at radius 3 is 3.04 bits per heavy atom. The van der Waals surface area contributed by atoms with Crippen molar-refractivity contribution >= 4 is 10.9 Å². The lowest BCUT2D eigenvalue weighted by molar-refractivity contribution is -0.0503. The number of aromatic nitrogens is 1. The van der Waals surface area contributed by atoms with E-state index in [0.717, 1.165) is 30.3 Å². The van der Waals surface area contributed by atoms with Crippen LogP contribution in [0.3, 0.4) is 0 Å². The number of aromatic amines is 1. The van der Waals surface area contributed by atoms with Crippen LogP contribution in [0.5, 0.6) is 5.75 Å². The number of hydrogen-bond acceptors (Lipinski definition) is 3. The number of piperidine rings is 3. The highest BCUT2D eigenvalue weighted by molar-refractivity contribution is 5.86. The van der Waals surface area contributed by atoms with Crippen LogP contribution in [0.1, 0.15) is 30.6 Å². The number of rotatable bonds is 1. The first kappa shape index (κ1) is 13.6. The summed E-state index contributed by atoms with van der Waals surface area (Å²) in [4.78, 5) is 6.21. The van der Waals surface area contributed by atoms with Crippen LogP contribution >= 0.6 is 0 Å². The van der Waals surface area contributed by atoms with Crippen LogP contribution in [0.25, 0.3) is 10.9 Å². The number of hydrogen-bond donors (Lipinski definition) is 3. The van der Waals surface area contributed by atoms with Gasteiger partial charge in [0.25, 0.3) is 0 Å². The molecular weight excluding hydrogens is 288 g/mol. The van der Waals surface area contributed by atoms with E-state index in [9.17, 15) is 10.2 Å². The topological polar surface area (TPSA) is 59.5 Å². The molecule has 4 aliphatic heterocycles. The van der Waals surface area contributed by atoms with E-state index >= 15 is 0 Å². The van der Waals surface area contributed by atoms with Crippen molar-refractivity contribution in [1.29, 1.82) is 0 Å². The molecule has 23 heavy (non-hydrogen) atoms. The molecule has 6 rings (SSSR count). The predicted octanol–water partition coefficient (Wildman–Crippen LogP) is 2.73. The number of aliphatic hydroxyl groups excluding tert-OH is 1. The number of nitrogens with one attached hydrogen (secondary N) is 1. The predicted molar refractivity (Wildman–Crippen MR) is 89.3 cm³/mol. The molecule has 4 nitrogen and oxygen atoms in total. The molecule has 0 aliphatic carbocycles. The van der Waals surface area contributed by atoms with E-state index in [4.69, 9.17) is 0 Å². The molecule has 4 heteroatoms. The van der Waals surface area contributed by atoms with Gasteiger partial charge in [-0.25, -0.2) is 0 Å². The van der Waals surface area contributed by atoms with E-state index < -0.39 is 0 Å². The number of aromatic hydroxyl groups is 1. The molecule has 5 unspecified atom stereocenters. The van der Waals surface area contributed by atoms with Gasteiger partial charge in [-0.3, -0.25) is 4.90 Å². The lowest BCUT2D eigenvalue weighted by Gasteiger charge is -2.58. The molecule has 3 fully saturated rings. The normalized spacial score (nSPS) is 36.6. The maximum atomic E-state index is 9.99. The number of allylic oxidation sites excluding steroid dienone is 1. The number of fused-ring (bicyclic) bond motifs is 4. The minimum absolute atomic E-state index is 0.263. The van der Waals surface area contributed by atoms with Crippen LogP contribution in [-0.4, -0.2) is 39.3 Å². The summed E-state index contributed by atoms with van der Waals surface area (Å²) >= 11 is 0. The fourth-order valence-corrected chi connectivity index (χ4v) is 5.35. The van der Waals surface area contributed by atoms with E-state index in [2.05, 4.69) is 22.9 Å². The van der Waals surface area contributed by atoms with Gasteiger partial charge in [0, 0.05) is 41.7 Å². The minimum atomic E-state index is 0.263. The Morgan fingerprint density at radius 1 is 1.39 bits per heavy atom. The summed E-state index contributed by atoms with van der Waals surface area (Å²) in [6, 6.07) is 6.44. The van der Waals surface area contributed by atoms with Gasteiger partial charge in [0.1, 0.15) is 5.75 Å². The molecule has 0 saturated carbocycles. The maximum Gasteiger partial charge on any atom is 0.116 e. The molecule has 5 heterocycles. The van der Waals surface area contributed by atoms with Crippen LogP contribution in [-0.2, 0) is 6.42 Å². The molecule has 2 aromatic rings. The molecule has 0 amide bonds. The zero-order valence-electron chi connectivity index (χ0n) is 13.3. The Labute approximate surface area is 135 Å². The molecule has 1 aromatic heterocycles. The molecule has 0 radical (unpaired) electrons. The van der Waals surface area contributed by atoms with Crippen molar-refractivity contribution in [3.63, 3.8) is 0 Å². The van der Waals surface area contributed by atoms with Gasteiger partial charge in [0.05, 0.1) is 6.04 Å². The third kappa shape index (κ3) is 1.68. The summed E-state index contributed by atoms with van der Waals surface area (Å²) in [5, 5.41) is 21.0. The van der Waals surface area contributed by atoms with Gasteiger partial charge in [-0.1, -0.05) is 11.6 Å². The van der Waals surface area contributed by atoms with Crippen molar-refractivity contribution < 1.29 is 10.2 Å². The van der Waals surface area contributed by atoms with E-state index in [1.807, 2.05) is 12.1 Å². The van der Waals surface area contributed by atoms with Crippen LogP contribution in [0.2, 0.25) is 0 Å². The maximum absolute atomic E-state index is 9.99. The summed E-state index contributed by atoms with van der Waals surface area (Å²) in [6.45, 7) is 3.42. The third-order valence-corrected chi connectivity index (χ3v) is 6.41. The van der Waals surface area contributed by atoms with Crippen molar-refractivity contribution in [2.24, 2.45) is 11.8 Å². The summed E-state index contributed by atoms with van der Waals surface area (Å²) in [5.74, 6) is 1.17. The third-order valence-electron chi connectivity index (χ3n) is 6.41. The van der Waals surface area contributed by atoms with E-state index in [1.165, 1.54) is 16.8 Å². The lowest BCUT2D eigenvalue weighted by atomic mass is 9.64. The molecule has 3 saturated heterocycles. The highest BCUT2D eigenvalue weighted by atomic mass is 16.3. The van der Waals surface area contributed by atoms with Crippen molar-refractivity contribution in [2.75, 3.05) is 13.2 Å². The monoisotopic (exact) mass is 310 g/mol. The number of benzene rings is 1. The van der Waals surface area contributed by atoms with Crippen molar-refractivity contribution in [1.82, 2.24) is 9.88 Å². The Bertz CT molecular complexity index is 822. The first-order valence-electron chi connectivity index (χ1n) is 8.56. The Hall–Kier alpha value is -1.78. The Balaban J connectivity index is 1.68. The molecule has 4 aliphatic rings. The van der Waals surface area contributed by atoms with Gasteiger partial charge in [-0.05, 0) is 49.4 Å². The molecular formula is C19H22N2O2. The number of phenolic OH excluding ortho intramolecular Hbond substituents is 1. The Kier molecular flexibility index (Phi) is 2.74. The Morgan fingerprint density at radius 2 is 2.26 bits per heavy atom. The second-order valence-electron chi connectivity index (χ2n) is 7.26. The quantitative estimate of drug-likeness (QED) is 0.710. The van der Waals surface area contributed by atoms with Gasteiger partial charge in [-0.15, -0.1) is 0 Å². The average Bonchev–Trinajstić information content (AvgIpc) is 2.92. The number of aliphatic hydroxyl groups is 1. The van der Waals surface area contributed by atoms with Crippen LogP contribution in [0.15, 0.2) is 29.8 Å². The number of nitrogens with zero attached hydrogens (tertiary/aromatic N) is 1. The zero-order chi connectivity index (χ0) is 15.7. The second kappa shape index (κ2) is 4.62. The van der Waals surface area contributed by atoms with Gasteiger partial charge < -0.3 is 15.2 Å². The molecule has 0 spiro atoms. The zero-order valence-corrected chi connectivity index (χ0v) is 13.3. The number of phenols is 1. The smallest absolute Gasteiger partial charge is 0.116 e. The highest BCUT2D eigenvalue weighted by Crippen LogP contribution is 2.54. The molecule has 120 valence electrons. The SMILES string of the molecule is C/C=C1/CN2C3CC1C(CO)C2Cc1c3[nH]c2ccc(O)cc12. The molecule has 5 atom stereocenters. The first-order valence-corrected chi connectivity index (χ1v) is 8.56. The average molecular weight is 310 g/mol. The molecule has 3 N–H and O–H groups in total. The summed E-state index contributed by atoms with van der Waals surface area (Å²) < 4.78 is 0. The summed E-state index contributed by atoms with van der Waals surface area (Å²) in [7, 11) is 0. The van der Waals surface area contributed by atoms with Crippen LogP contribution in [0.4, 0.5) is 0 Å². The second-order valence-corrected chi connectivity index (χ2v) is 7.26. The first-order chi connectivity index (χ1) is 11.2. The van der Waals surface area contributed by atoms with Crippen molar-refractivity contribution in [2.45, 2.75) is 31.8 Å². The highest BCUT2D eigenvalue weighted by Gasteiger charge is 2.52. The molecule has 1 aromatic carbocycles. The van der Waals surface area contributed by atoms with Gasteiger partial charge in [0.2, 0.25) is 0 Å². The van der Waals surface area contributed by atoms with Gasteiger partial charge in [-0.2, -0.15) is 0 Å².